The highest BCUT2D eigenvalue weighted by molar-refractivity contribution is 8.19. The van der Waals surface area contributed by atoms with Crippen molar-refractivity contribution in [2.75, 3.05) is 25.5 Å². The Hall–Kier alpha value is -2.58. The summed E-state index contributed by atoms with van der Waals surface area (Å²) in [5, 5.41) is 0.175. The molecular formula is C21H23N3O3S2. The summed E-state index contributed by atoms with van der Waals surface area (Å²) in [6, 6.07) is 14.3. The number of aryl methyl sites for hydroxylation is 1. The van der Waals surface area contributed by atoms with E-state index in [1.54, 1.807) is 25.1 Å². The molecule has 0 aliphatic carbocycles. The highest BCUT2D eigenvalue weighted by atomic mass is 32.2. The molecule has 3 rings (SSSR count). The van der Waals surface area contributed by atoms with E-state index in [4.69, 9.17) is 0 Å². The van der Waals surface area contributed by atoms with Gasteiger partial charge < -0.3 is 4.90 Å². The molecule has 0 unspecified atom stereocenters. The van der Waals surface area contributed by atoms with Crippen LogP contribution in [0.2, 0.25) is 0 Å². The van der Waals surface area contributed by atoms with Crippen molar-refractivity contribution in [3.05, 3.63) is 64.6 Å². The third-order valence-corrected chi connectivity index (χ3v) is 6.83. The van der Waals surface area contributed by atoms with Gasteiger partial charge in [0.25, 0.3) is 15.9 Å². The minimum Gasteiger partial charge on any atom is -0.378 e. The second-order valence-corrected chi connectivity index (χ2v) is 9.42. The van der Waals surface area contributed by atoms with Gasteiger partial charge in [0.2, 0.25) is 0 Å². The molecule has 1 fully saturated rings. The Labute approximate surface area is 176 Å². The molecule has 0 aromatic heterocycles. The van der Waals surface area contributed by atoms with E-state index >= 15 is 0 Å². The maximum Gasteiger partial charge on any atom is 0.284 e. The van der Waals surface area contributed by atoms with E-state index < -0.39 is 10.0 Å². The highest BCUT2D eigenvalue weighted by Crippen LogP contribution is 2.33. The SMILES string of the molecule is CCN1C(=O)/C(=C/c2ccc(N(C)C)cc2)SC1=NS(=O)(=O)c1ccc(C)cc1. The number of sulfonamides is 1. The summed E-state index contributed by atoms with van der Waals surface area (Å²) in [5.41, 5.74) is 2.88. The third-order valence-electron chi connectivity index (χ3n) is 4.43. The number of hydrogen-bond acceptors (Lipinski definition) is 5. The molecule has 1 saturated heterocycles. The largest absolute Gasteiger partial charge is 0.378 e. The topological polar surface area (TPSA) is 70.1 Å². The fourth-order valence-electron chi connectivity index (χ4n) is 2.74. The standard InChI is InChI=1S/C21H23N3O3S2/c1-5-24-20(25)19(14-16-8-10-17(11-9-16)23(3)4)28-21(24)22-29(26,27)18-12-6-15(2)7-13-18/h6-14H,5H2,1-4H3/b19-14-,22-21?. The Morgan fingerprint density at radius 3 is 2.24 bits per heavy atom. The summed E-state index contributed by atoms with van der Waals surface area (Å²) in [6.45, 7) is 4.01. The predicted molar refractivity (Wildman–Crippen MR) is 120 cm³/mol. The van der Waals surface area contributed by atoms with E-state index in [0.717, 1.165) is 28.6 Å². The van der Waals surface area contributed by atoms with Crippen LogP contribution in [0.25, 0.3) is 6.08 Å². The summed E-state index contributed by atoms with van der Waals surface area (Å²) in [4.78, 5) is 16.7. The number of amidine groups is 1. The normalized spacial score (nSPS) is 17.4. The smallest absolute Gasteiger partial charge is 0.284 e. The van der Waals surface area contributed by atoms with Crippen molar-refractivity contribution < 1.29 is 13.2 Å². The van der Waals surface area contributed by atoms with E-state index in [0.29, 0.717) is 11.4 Å². The molecule has 152 valence electrons. The van der Waals surface area contributed by atoms with Crippen LogP contribution in [0.1, 0.15) is 18.1 Å². The van der Waals surface area contributed by atoms with Crippen molar-refractivity contribution >= 4 is 44.6 Å². The second-order valence-electron chi connectivity index (χ2n) is 6.81. The van der Waals surface area contributed by atoms with Gasteiger partial charge in [0, 0.05) is 26.3 Å². The van der Waals surface area contributed by atoms with Crippen LogP contribution < -0.4 is 4.90 Å². The maximum absolute atomic E-state index is 12.7. The quantitative estimate of drug-likeness (QED) is 0.677. The summed E-state index contributed by atoms with van der Waals surface area (Å²) in [5.74, 6) is -0.243. The highest BCUT2D eigenvalue weighted by Gasteiger charge is 2.34. The molecule has 2 aromatic rings. The van der Waals surface area contributed by atoms with Gasteiger partial charge >= 0.3 is 0 Å². The zero-order chi connectivity index (χ0) is 21.2. The summed E-state index contributed by atoms with van der Waals surface area (Å²) in [7, 11) is 0.0192. The average Bonchev–Trinajstić information content (AvgIpc) is 2.96. The summed E-state index contributed by atoms with van der Waals surface area (Å²) >= 11 is 1.08. The number of rotatable bonds is 5. The van der Waals surface area contributed by atoms with Gasteiger partial charge in [-0.15, -0.1) is 4.40 Å². The van der Waals surface area contributed by atoms with Crippen LogP contribution in [0, 0.1) is 6.92 Å². The van der Waals surface area contributed by atoms with Crippen molar-refractivity contribution in [1.29, 1.82) is 0 Å². The van der Waals surface area contributed by atoms with Gasteiger partial charge in [-0.25, -0.2) is 0 Å². The molecule has 0 atom stereocenters. The lowest BCUT2D eigenvalue weighted by atomic mass is 10.2. The Morgan fingerprint density at radius 1 is 1.07 bits per heavy atom. The Morgan fingerprint density at radius 2 is 1.69 bits per heavy atom. The number of amides is 1. The predicted octanol–water partition coefficient (Wildman–Crippen LogP) is 3.74. The van der Waals surface area contributed by atoms with Crippen LogP contribution in [-0.2, 0) is 14.8 Å². The molecule has 0 N–H and O–H groups in total. The lowest BCUT2D eigenvalue weighted by Crippen LogP contribution is -2.29. The number of benzene rings is 2. The molecule has 0 bridgehead atoms. The minimum absolute atomic E-state index is 0.108. The first-order valence-corrected chi connectivity index (χ1v) is 11.4. The maximum atomic E-state index is 12.7. The first-order chi connectivity index (χ1) is 13.7. The van der Waals surface area contributed by atoms with Gasteiger partial charge in [0.15, 0.2) is 5.17 Å². The zero-order valence-electron chi connectivity index (χ0n) is 16.8. The van der Waals surface area contributed by atoms with E-state index in [2.05, 4.69) is 4.40 Å². The fourth-order valence-corrected chi connectivity index (χ4v) is 4.99. The number of nitrogens with zero attached hydrogens (tertiary/aromatic N) is 3. The monoisotopic (exact) mass is 429 g/mol. The first-order valence-electron chi connectivity index (χ1n) is 9.11. The van der Waals surface area contributed by atoms with Crippen LogP contribution in [0.15, 0.2) is 62.7 Å². The lowest BCUT2D eigenvalue weighted by Gasteiger charge is -2.12. The molecular weight excluding hydrogens is 406 g/mol. The molecule has 0 saturated carbocycles. The molecule has 29 heavy (non-hydrogen) atoms. The molecule has 6 nitrogen and oxygen atoms in total. The lowest BCUT2D eigenvalue weighted by molar-refractivity contribution is -0.122. The van der Waals surface area contributed by atoms with Gasteiger partial charge in [0.1, 0.15) is 0 Å². The van der Waals surface area contributed by atoms with E-state index in [-0.39, 0.29) is 16.0 Å². The molecule has 1 aliphatic heterocycles. The number of hydrogen-bond donors (Lipinski definition) is 0. The minimum atomic E-state index is -3.90. The van der Waals surface area contributed by atoms with E-state index in [1.165, 1.54) is 17.0 Å². The number of carbonyl (C=O) groups excluding carboxylic acids is 1. The van der Waals surface area contributed by atoms with Crippen molar-refractivity contribution in [3.8, 4) is 0 Å². The van der Waals surface area contributed by atoms with Crippen molar-refractivity contribution in [3.63, 3.8) is 0 Å². The van der Waals surface area contributed by atoms with Crippen LogP contribution in [0.5, 0.6) is 0 Å². The average molecular weight is 430 g/mol. The molecule has 1 aliphatic rings. The third kappa shape index (κ3) is 4.71. The van der Waals surface area contributed by atoms with Crippen LogP contribution in [0.3, 0.4) is 0 Å². The van der Waals surface area contributed by atoms with Gasteiger partial charge in [-0.05, 0) is 61.5 Å². The molecule has 8 heteroatoms. The molecule has 2 aromatic carbocycles. The zero-order valence-corrected chi connectivity index (χ0v) is 18.4. The van der Waals surface area contributed by atoms with E-state index in [9.17, 15) is 13.2 Å². The van der Waals surface area contributed by atoms with Crippen molar-refractivity contribution in [1.82, 2.24) is 4.90 Å². The molecule has 0 radical (unpaired) electrons. The number of anilines is 1. The fraction of sp³-hybridized carbons (Fsp3) is 0.238. The first kappa shape index (κ1) is 21.1. The van der Waals surface area contributed by atoms with Gasteiger partial charge in [-0.3, -0.25) is 9.69 Å². The van der Waals surface area contributed by atoms with Crippen molar-refractivity contribution in [2.24, 2.45) is 4.40 Å². The Bertz CT molecular complexity index is 1070. The summed E-state index contributed by atoms with van der Waals surface area (Å²) in [6.07, 6.45) is 1.76. The van der Waals surface area contributed by atoms with Gasteiger partial charge in [-0.1, -0.05) is 29.8 Å². The van der Waals surface area contributed by atoms with Crippen LogP contribution in [-0.4, -0.2) is 45.0 Å². The van der Waals surface area contributed by atoms with Crippen LogP contribution in [0.4, 0.5) is 5.69 Å². The van der Waals surface area contributed by atoms with Crippen LogP contribution >= 0.6 is 11.8 Å². The van der Waals surface area contributed by atoms with Crippen molar-refractivity contribution in [2.45, 2.75) is 18.7 Å². The number of likely N-dealkylation sites (N-methyl/N-ethyl adjacent to an activating group) is 1. The second kappa shape index (κ2) is 8.42. The molecule has 1 amide bonds. The Kier molecular flexibility index (Phi) is 6.14. The molecule has 1 heterocycles. The van der Waals surface area contributed by atoms with Gasteiger partial charge in [0.05, 0.1) is 9.80 Å². The van der Waals surface area contributed by atoms with E-state index in [1.807, 2.05) is 50.2 Å². The summed E-state index contributed by atoms with van der Waals surface area (Å²) < 4.78 is 29.3. The number of thioether (sulfide) groups is 1. The number of carbonyl (C=O) groups is 1. The molecule has 0 spiro atoms. The Balaban J connectivity index is 1.92. The van der Waals surface area contributed by atoms with Gasteiger partial charge in [-0.2, -0.15) is 8.42 Å².